The van der Waals surface area contributed by atoms with Crippen molar-refractivity contribution in [3.05, 3.63) is 94.4 Å². The molecule has 0 unspecified atom stereocenters. The highest BCUT2D eigenvalue weighted by molar-refractivity contribution is 6.31. The normalized spacial score (nSPS) is 13.7. The van der Waals surface area contributed by atoms with Crippen LogP contribution in [0.5, 0.6) is 11.5 Å². The van der Waals surface area contributed by atoms with Gasteiger partial charge < -0.3 is 18.8 Å². The van der Waals surface area contributed by atoms with Crippen molar-refractivity contribution < 1.29 is 23.5 Å². The molecule has 5 rings (SSSR count). The molecule has 1 aromatic heterocycles. The quantitative estimate of drug-likeness (QED) is 0.170. The number of esters is 1. The number of anilines is 1. The Hall–Kier alpha value is -4.03. The average Bonchev–Trinajstić information content (AvgIpc) is 3.41. The molecule has 1 aliphatic rings. The van der Waals surface area contributed by atoms with E-state index in [0.29, 0.717) is 27.3 Å². The Morgan fingerprint density at radius 2 is 1.77 bits per heavy atom. The molecule has 1 aliphatic heterocycles. The smallest absolute Gasteiger partial charge is 0.379 e. The summed E-state index contributed by atoms with van der Waals surface area (Å²) in [5.74, 6) is -0.0418. The number of hydrogen-bond donors (Lipinski definition) is 0. The fraction of sp³-hybridized carbons (Fsp3) is 0.143. The monoisotopic (exact) mass is 487 g/mol. The van der Waals surface area contributed by atoms with Crippen LogP contribution in [-0.4, -0.2) is 24.8 Å². The Labute approximate surface area is 207 Å². The average molecular weight is 488 g/mol. The molecule has 0 N–H and O–H groups in total. The van der Waals surface area contributed by atoms with Crippen molar-refractivity contribution in [2.24, 2.45) is 0 Å². The second-order valence-corrected chi connectivity index (χ2v) is 8.48. The van der Waals surface area contributed by atoms with Gasteiger partial charge in [-0.3, -0.25) is 4.79 Å². The first-order chi connectivity index (χ1) is 16.9. The largest absolute Gasteiger partial charge is 0.452 e. The standard InChI is InChI=1S/C28H22ClNO5/c1-3-30(4-2)20-8-5-17(6-9-20)13-25-27(31)22-11-10-21(16-24(22)35-25)33-28(32)26-15-18-14-19(29)7-12-23(18)34-26/h5-16H,3-4H2,1-2H3/b25-13-. The van der Waals surface area contributed by atoms with Crippen molar-refractivity contribution in [2.45, 2.75) is 13.8 Å². The Morgan fingerprint density at radius 3 is 2.51 bits per heavy atom. The summed E-state index contributed by atoms with van der Waals surface area (Å²) in [5.41, 5.74) is 2.92. The minimum Gasteiger partial charge on any atom is -0.452 e. The van der Waals surface area contributed by atoms with E-state index in [2.05, 4.69) is 18.7 Å². The second kappa shape index (κ2) is 9.31. The van der Waals surface area contributed by atoms with Gasteiger partial charge in [0.25, 0.3) is 0 Å². The third-order valence-electron chi connectivity index (χ3n) is 5.85. The molecule has 0 spiro atoms. The third kappa shape index (κ3) is 4.53. The van der Waals surface area contributed by atoms with E-state index in [9.17, 15) is 9.59 Å². The van der Waals surface area contributed by atoms with Crippen LogP contribution in [0.15, 0.2) is 76.9 Å². The van der Waals surface area contributed by atoms with Crippen molar-refractivity contribution in [2.75, 3.05) is 18.0 Å². The van der Waals surface area contributed by atoms with E-state index in [1.165, 1.54) is 6.07 Å². The van der Waals surface area contributed by atoms with Gasteiger partial charge in [-0.2, -0.15) is 0 Å². The van der Waals surface area contributed by atoms with Gasteiger partial charge >= 0.3 is 5.97 Å². The van der Waals surface area contributed by atoms with Crippen LogP contribution in [0.4, 0.5) is 5.69 Å². The summed E-state index contributed by atoms with van der Waals surface area (Å²) < 4.78 is 16.8. The van der Waals surface area contributed by atoms with Gasteiger partial charge in [-0.05, 0) is 74.0 Å². The van der Waals surface area contributed by atoms with Crippen LogP contribution in [0, 0.1) is 0 Å². The van der Waals surface area contributed by atoms with Crippen LogP contribution in [0.25, 0.3) is 17.0 Å². The number of carbonyl (C=O) groups excluding carboxylic acids is 2. The summed E-state index contributed by atoms with van der Waals surface area (Å²) in [6.07, 6.45) is 1.71. The minimum absolute atomic E-state index is 0.0495. The predicted molar refractivity (Wildman–Crippen MR) is 136 cm³/mol. The van der Waals surface area contributed by atoms with Crippen LogP contribution in [0.2, 0.25) is 5.02 Å². The van der Waals surface area contributed by atoms with Gasteiger partial charge in [0, 0.05) is 35.3 Å². The SMILES string of the molecule is CCN(CC)c1ccc(/C=C2\Oc3cc(OC(=O)c4cc5cc(Cl)ccc5o4)ccc3C2=O)cc1. The zero-order valence-corrected chi connectivity index (χ0v) is 20.0. The number of hydrogen-bond acceptors (Lipinski definition) is 6. The molecule has 0 radical (unpaired) electrons. The first kappa shape index (κ1) is 22.7. The molecule has 0 fully saturated rings. The van der Waals surface area contributed by atoms with E-state index >= 15 is 0 Å². The molecule has 0 saturated carbocycles. The molecule has 176 valence electrons. The lowest BCUT2D eigenvalue weighted by atomic mass is 10.1. The maximum atomic E-state index is 12.8. The molecule has 0 bridgehead atoms. The summed E-state index contributed by atoms with van der Waals surface area (Å²) in [7, 11) is 0. The number of rotatable bonds is 6. The maximum absolute atomic E-state index is 12.8. The van der Waals surface area contributed by atoms with Crippen molar-refractivity contribution in [3.8, 4) is 11.5 Å². The van der Waals surface area contributed by atoms with Gasteiger partial charge in [-0.15, -0.1) is 0 Å². The molecular formula is C28H22ClNO5. The first-order valence-corrected chi connectivity index (χ1v) is 11.7. The molecule has 0 atom stereocenters. The fourth-order valence-electron chi connectivity index (χ4n) is 4.02. The molecule has 0 amide bonds. The highest BCUT2D eigenvalue weighted by Crippen LogP contribution is 2.35. The van der Waals surface area contributed by atoms with Crippen molar-refractivity contribution in [3.63, 3.8) is 0 Å². The van der Waals surface area contributed by atoms with Gasteiger partial charge in [0.15, 0.2) is 5.76 Å². The second-order valence-electron chi connectivity index (χ2n) is 8.04. The molecular weight excluding hydrogens is 466 g/mol. The molecule has 2 heterocycles. The summed E-state index contributed by atoms with van der Waals surface area (Å²) >= 11 is 5.99. The Kier molecular flexibility index (Phi) is 6.05. The summed E-state index contributed by atoms with van der Waals surface area (Å²) in [5, 5.41) is 1.24. The minimum atomic E-state index is -0.661. The number of nitrogens with zero attached hydrogens (tertiary/aromatic N) is 1. The Morgan fingerprint density at radius 1 is 1.00 bits per heavy atom. The van der Waals surface area contributed by atoms with E-state index in [1.54, 1.807) is 42.5 Å². The van der Waals surface area contributed by atoms with Crippen molar-refractivity contribution in [1.29, 1.82) is 0 Å². The number of allylic oxidation sites excluding steroid dienone is 1. The molecule has 0 saturated heterocycles. The zero-order chi connectivity index (χ0) is 24.5. The number of furan rings is 1. The molecule has 35 heavy (non-hydrogen) atoms. The van der Waals surface area contributed by atoms with E-state index in [1.807, 2.05) is 24.3 Å². The van der Waals surface area contributed by atoms with Gasteiger partial charge in [0.05, 0.1) is 5.56 Å². The summed E-state index contributed by atoms with van der Waals surface area (Å²) in [6, 6.07) is 19.3. The Balaban J connectivity index is 1.32. The van der Waals surface area contributed by atoms with Gasteiger partial charge in [0.2, 0.25) is 11.5 Å². The lowest BCUT2D eigenvalue weighted by molar-refractivity contribution is 0.0703. The summed E-state index contributed by atoms with van der Waals surface area (Å²) in [6.45, 7) is 6.07. The fourth-order valence-corrected chi connectivity index (χ4v) is 4.20. The number of ketones is 1. The topological polar surface area (TPSA) is 69.0 Å². The van der Waals surface area contributed by atoms with Gasteiger partial charge in [0.1, 0.15) is 17.1 Å². The lowest BCUT2D eigenvalue weighted by Gasteiger charge is -2.20. The van der Waals surface area contributed by atoms with Gasteiger partial charge in [-0.25, -0.2) is 4.79 Å². The number of ether oxygens (including phenoxy) is 2. The van der Waals surface area contributed by atoms with E-state index in [4.69, 9.17) is 25.5 Å². The molecule has 0 aliphatic carbocycles. The lowest BCUT2D eigenvalue weighted by Crippen LogP contribution is -2.21. The molecule has 6 nitrogen and oxygen atoms in total. The summed E-state index contributed by atoms with van der Waals surface area (Å²) in [4.78, 5) is 27.6. The van der Waals surface area contributed by atoms with Crippen LogP contribution in [0.3, 0.4) is 0 Å². The number of carbonyl (C=O) groups is 2. The number of fused-ring (bicyclic) bond motifs is 2. The van der Waals surface area contributed by atoms with Crippen LogP contribution >= 0.6 is 11.6 Å². The van der Waals surface area contributed by atoms with E-state index in [0.717, 1.165) is 24.3 Å². The number of halogens is 1. The third-order valence-corrected chi connectivity index (χ3v) is 6.09. The van der Waals surface area contributed by atoms with Crippen LogP contribution in [-0.2, 0) is 0 Å². The van der Waals surface area contributed by atoms with Crippen molar-refractivity contribution >= 4 is 46.1 Å². The zero-order valence-electron chi connectivity index (χ0n) is 19.2. The first-order valence-electron chi connectivity index (χ1n) is 11.3. The van der Waals surface area contributed by atoms with Gasteiger partial charge in [-0.1, -0.05) is 23.7 Å². The number of benzene rings is 3. The highest BCUT2D eigenvalue weighted by Gasteiger charge is 2.28. The molecule has 4 aromatic rings. The number of Topliss-reactive ketones (excluding diaryl/α,β-unsaturated/α-hetero) is 1. The van der Waals surface area contributed by atoms with Crippen molar-refractivity contribution in [1.82, 2.24) is 0 Å². The predicted octanol–water partition coefficient (Wildman–Crippen LogP) is 6.77. The van der Waals surface area contributed by atoms with E-state index < -0.39 is 5.97 Å². The van der Waals surface area contributed by atoms with Crippen LogP contribution < -0.4 is 14.4 Å². The maximum Gasteiger partial charge on any atom is 0.379 e. The Bertz CT molecular complexity index is 1460. The van der Waals surface area contributed by atoms with E-state index in [-0.39, 0.29) is 23.1 Å². The van der Waals surface area contributed by atoms with Crippen LogP contribution in [0.1, 0.15) is 40.3 Å². The molecule has 3 aromatic carbocycles. The molecule has 7 heteroatoms. The highest BCUT2D eigenvalue weighted by atomic mass is 35.5.